The van der Waals surface area contributed by atoms with Crippen molar-refractivity contribution in [3.63, 3.8) is 0 Å². The molecule has 0 aromatic carbocycles. The molecule has 120 valence electrons. The van der Waals surface area contributed by atoms with Crippen molar-refractivity contribution in [2.45, 2.75) is 66.1 Å². The van der Waals surface area contributed by atoms with Gasteiger partial charge in [0.1, 0.15) is 5.76 Å². The van der Waals surface area contributed by atoms with E-state index in [2.05, 4.69) is 44.0 Å². The highest BCUT2D eigenvalue weighted by atomic mass is 16.3. The maximum atomic E-state index is 5.73. The highest BCUT2D eigenvalue weighted by Crippen LogP contribution is 2.25. The van der Waals surface area contributed by atoms with Crippen LogP contribution in [0.25, 0.3) is 0 Å². The minimum atomic E-state index is 0.516. The van der Waals surface area contributed by atoms with Gasteiger partial charge >= 0.3 is 0 Å². The minimum absolute atomic E-state index is 0.516. The van der Waals surface area contributed by atoms with Crippen LogP contribution in [0.5, 0.6) is 0 Å². The maximum Gasteiger partial charge on any atom is 0.118 e. The fraction of sp³-hybridized carbons (Fsp3) is 0.778. The third-order valence-corrected chi connectivity index (χ3v) is 4.61. The summed E-state index contributed by atoms with van der Waals surface area (Å²) in [6, 6.07) is 2.72. The van der Waals surface area contributed by atoms with Crippen LogP contribution >= 0.6 is 0 Å². The number of furan rings is 1. The van der Waals surface area contributed by atoms with E-state index in [1.807, 2.05) is 6.26 Å². The first-order chi connectivity index (χ1) is 10.0. The van der Waals surface area contributed by atoms with Gasteiger partial charge in [-0.15, -0.1) is 0 Å². The summed E-state index contributed by atoms with van der Waals surface area (Å²) in [4.78, 5) is 2.56. The van der Waals surface area contributed by atoms with Gasteiger partial charge in [-0.25, -0.2) is 0 Å². The molecular formula is C18H32N2O. The van der Waals surface area contributed by atoms with E-state index in [0.717, 1.165) is 30.7 Å². The molecule has 21 heavy (non-hydrogen) atoms. The normalized spacial score (nSPS) is 21.1. The van der Waals surface area contributed by atoms with E-state index in [-0.39, 0.29) is 0 Å². The van der Waals surface area contributed by atoms with Gasteiger partial charge in [0.2, 0.25) is 0 Å². The molecule has 1 fully saturated rings. The van der Waals surface area contributed by atoms with E-state index < -0.39 is 0 Å². The molecular weight excluding hydrogens is 260 g/mol. The SMILES string of the molecule is CC(C)NCc1coc(CN2CCCC(C(C)C)CC2)c1. The lowest BCUT2D eigenvalue weighted by Crippen LogP contribution is -2.24. The molecule has 1 atom stereocenters. The summed E-state index contributed by atoms with van der Waals surface area (Å²) in [5, 5.41) is 3.43. The Labute approximate surface area is 130 Å². The Balaban J connectivity index is 1.81. The van der Waals surface area contributed by atoms with E-state index in [4.69, 9.17) is 4.42 Å². The summed E-state index contributed by atoms with van der Waals surface area (Å²) in [7, 11) is 0. The molecule has 2 rings (SSSR count). The van der Waals surface area contributed by atoms with Crippen LogP contribution in [0.15, 0.2) is 16.7 Å². The lowest BCUT2D eigenvalue weighted by molar-refractivity contribution is 0.244. The molecule has 0 radical (unpaired) electrons. The van der Waals surface area contributed by atoms with Gasteiger partial charge < -0.3 is 9.73 Å². The topological polar surface area (TPSA) is 28.4 Å². The summed E-state index contributed by atoms with van der Waals surface area (Å²) in [6.07, 6.45) is 5.95. The second-order valence-corrected chi connectivity index (χ2v) is 7.17. The van der Waals surface area contributed by atoms with Gasteiger partial charge in [-0.2, -0.15) is 0 Å². The van der Waals surface area contributed by atoms with Crippen molar-refractivity contribution in [3.8, 4) is 0 Å². The molecule has 1 aliphatic heterocycles. The van der Waals surface area contributed by atoms with Crippen molar-refractivity contribution >= 4 is 0 Å². The van der Waals surface area contributed by atoms with Crippen LogP contribution in [0, 0.1) is 11.8 Å². The number of rotatable bonds is 6. The summed E-state index contributed by atoms with van der Waals surface area (Å²) in [6.45, 7) is 13.4. The quantitative estimate of drug-likeness (QED) is 0.858. The van der Waals surface area contributed by atoms with Crippen LogP contribution in [0.1, 0.15) is 58.3 Å². The molecule has 1 aromatic rings. The molecule has 1 unspecified atom stereocenters. The van der Waals surface area contributed by atoms with Crippen molar-refractivity contribution in [2.24, 2.45) is 11.8 Å². The van der Waals surface area contributed by atoms with Crippen molar-refractivity contribution in [1.82, 2.24) is 10.2 Å². The van der Waals surface area contributed by atoms with Gasteiger partial charge in [-0.05, 0) is 50.3 Å². The fourth-order valence-corrected chi connectivity index (χ4v) is 3.15. The zero-order valence-corrected chi connectivity index (χ0v) is 14.2. The predicted molar refractivity (Wildman–Crippen MR) is 88.1 cm³/mol. The van der Waals surface area contributed by atoms with Crippen LogP contribution in [0.4, 0.5) is 0 Å². The van der Waals surface area contributed by atoms with Crippen LogP contribution < -0.4 is 5.32 Å². The van der Waals surface area contributed by atoms with Gasteiger partial charge in [0.05, 0.1) is 12.8 Å². The summed E-state index contributed by atoms with van der Waals surface area (Å²) in [5.74, 6) is 2.83. The number of likely N-dealkylation sites (tertiary alicyclic amines) is 1. The first kappa shape index (κ1) is 16.6. The van der Waals surface area contributed by atoms with E-state index in [0.29, 0.717) is 6.04 Å². The summed E-state index contributed by atoms with van der Waals surface area (Å²) in [5.41, 5.74) is 1.26. The van der Waals surface area contributed by atoms with Gasteiger partial charge in [0.25, 0.3) is 0 Å². The molecule has 1 N–H and O–H groups in total. The second kappa shape index (κ2) is 8.00. The van der Waals surface area contributed by atoms with Crippen LogP contribution in [-0.4, -0.2) is 24.0 Å². The molecule has 3 nitrogen and oxygen atoms in total. The summed E-state index contributed by atoms with van der Waals surface area (Å²) >= 11 is 0. The highest BCUT2D eigenvalue weighted by molar-refractivity contribution is 5.12. The van der Waals surface area contributed by atoms with Crippen molar-refractivity contribution in [2.75, 3.05) is 13.1 Å². The number of nitrogens with zero attached hydrogens (tertiary/aromatic N) is 1. The first-order valence-electron chi connectivity index (χ1n) is 8.56. The second-order valence-electron chi connectivity index (χ2n) is 7.17. The van der Waals surface area contributed by atoms with Crippen molar-refractivity contribution < 1.29 is 4.42 Å². The average molecular weight is 292 g/mol. The van der Waals surface area contributed by atoms with Crippen LogP contribution in [-0.2, 0) is 13.1 Å². The Hall–Kier alpha value is -0.800. The molecule has 1 saturated heterocycles. The molecule has 0 spiro atoms. The Kier molecular flexibility index (Phi) is 6.31. The van der Waals surface area contributed by atoms with E-state index >= 15 is 0 Å². The molecule has 0 saturated carbocycles. The van der Waals surface area contributed by atoms with Crippen LogP contribution in [0.2, 0.25) is 0 Å². The number of nitrogens with one attached hydrogen (secondary N) is 1. The first-order valence-corrected chi connectivity index (χ1v) is 8.56. The Bertz CT molecular complexity index is 411. The Morgan fingerprint density at radius 1 is 1.24 bits per heavy atom. The molecule has 2 heterocycles. The van der Waals surface area contributed by atoms with Gasteiger partial charge in [-0.1, -0.05) is 27.7 Å². The monoisotopic (exact) mass is 292 g/mol. The van der Waals surface area contributed by atoms with Crippen LogP contribution in [0.3, 0.4) is 0 Å². The van der Waals surface area contributed by atoms with Gasteiger partial charge in [-0.3, -0.25) is 4.90 Å². The average Bonchev–Trinajstić information content (AvgIpc) is 2.73. The van der Waals surface area contributed by atoms with E-state index in [1.165, 1.54) is 37.9 Å². The summed E-state index contributed by atoms with van der Waals surface area (Å²) < 4.78 is 5.73. The number of hydrogen-bond acceptors (Lipinski definition) is 3. The number of hydrogen-bond donors (Lipinski definition) is 1. The molecule has 1 aliphatic rings. The lowest BCUT2D eigenvalue weighted by atomic mass is 9.89. The smallest absolute Gasteiger partial charge is 0.118 e. The van der Waals surface area contributed by atoms with E-state index in [9.17, 15) is 0 Å². The van der Waals surface area contributed by atoms with Crippen molar-refractivity contribution in [1.29, 1.82) is 0 Å². The molecule has 3 heteroatoms. The lowest BCUT2D eigenvalue weighted by Gasteiger charge is -2.20. The minimum Gasteiger partial charge on any atom is -0.468 e. The van der Waals surface area contributed by atoms with E-state index in [1.54, 1.807) is 0 Å². The van der Waals surface area contributed by atoms with Crippen molar-refractivity contribution in [3.05, 3.63) is 23.7 Å². The molecule has 0 aliphatic carbocycles. The Morgan fingerprint density at radius 3 is 2.76 bits per heavy atom. The third kappa shape index (κ3) is 5.48. The molecule has 1 aromatic heterocycles. The third-order valence-electron chi connectivity index (χ3n) is 4.61. The zero-order valence-electron chi connectivity index (χ0n) is 14.2. The fourth-order valence-electron chi connectivity index (χ4n) is 3.15. The highest BCUT2D eigenvalue weighted by Gasteiger charge is 2.20. The molecule has 0 amide bonds. The molecule has 0 bridgehead atoms. The van der Waals surface area contributed by atoms with Gasteiger partial charge in [0.15, 0.2) is 0 Å². The largest absolute Gasteiger partial charge is 0.468 e. The van der Waals surface area contributed by atoms with Gasteiger partial charge in [0, 0.05) is 18.2 Å². The zero-order chi connectivity index (χ0) is 15.2. The predicted octanol–water partition coefficient (Wildman–Crippen LogP) is 4.04. The Morgan fingerprint density at radius 2 is 2.05 bits per heavy atom. The standard InChI is InChI=1S/C18H32N2O/c1-14(2)17-6-5-8-20(9-7-17)12-18-10-16(13-21-18)11-19-15(3)4/h10,13-15,17,19H,5-9,11-12H2,1-4H3. The maximum absolute atomic E-state index is 5.73.